The summed E-state index contributed by atoms with van der Waals surface area (Å²) in [6.07, 6.45) is 1.05. The van der Waals surface area contributed by atoms with Gasteiger partial charge in [-0.1, -0.05) is 72.3 Å². The molecule has 1 aliphatic rings. The minimum atomic E-state index is -0.584. The molecule has 0 bridgehead atoms. The minimum absolute atomic E-state index is 0.342. The van der Waals surface area contributed by atoms with Crippen LogP contribution in [0.25, 0.3) is 0 Å². The summed E-state index contributed by atoms with van der Waals surface area (Å²) < 4.78 is 0. The molecule has 3 aromatic rings. The van der Waals surface area contributed by atoms with E-state index in [4.69, 9.17) is 11.6 Å². The van der Waals surface area contributed by atoms with Crippen molar-refractivity contribution < 1.29 is 4.79 Å². The van der Waals surface area contributed by atoms with Crippen molar-refractivity contribution >= 4 is 23.6 Å². The Hall–Kier alpha value is -2.58. The van der Waals surface area contributed by atoms with Crippen molar-refractivity contribution in [2.75, 3.05) is 11.9 Å². The molecule has 2 nitrogen and oxygen atoms in total. The Morgan fingerprint density at radius 3 is 2.00 bits per heavy atom. The van der Waals surface area contributed by atoms with Crippen molar-refractivity contribution in [1.29, 1.82) is 0 Å². The number of anilines is 1. The molecule has 0 saturated heterocycles. The Morgan fingerprint density at radius 1 is 0.920 bits per heavy atom. The Balaban J connectivity index is 2.14. The zero-order valence-electron chi connectivity index (χ0n) is 13.9. The first-order valence-corrected chi connectivity index (χ1v) is 8.66. The second kappa shape index (κ2) is 6.05. The summed E-state index contributed by atoms with van der Waals surface area (Å²) in [6, 6.07) is 26.0. The van der Waals surface area contributed by atoms with Gasteiger partial charge in [0.2, 0.25) is 0 Å². The van der Waals surface area contributed by atoms with Gasteiger partial charge in [-0.25, -0.2) is 0 Å². The lowest BCUT2D eigenvalue weighted by Gasteiger charge is -2.36. The molecule has 0 spiro atoms. The molecule has 3 heteroatoms. The first-order chi connectivity index (χ1) is 12.2. The molecular weight excluding hydrogens is 330 g/mol. The van der Waals surface area contributed by atoms with Gasteiger partial charge in [-0.3, -0.25) is 0 Å². The molecular formula is C22H18ClNO. The second-order valence-electron chi connectivity index (χ2n) is 6.39. The maximum atomic E-state index is 12.3. The third-order valence-corrected chi connectivity index (χ3v) is 5.45. The van der Waals surface area contributed by atoms with Gasteiger partial charge >= 0.3 is 0 Å². The highest BCUT2D eigenvalue weighted by atomic mass is 35.5. The molecule has 4 rings (SSSR count). The number of aldehydes is 1. The summed E-state index contributed by atoms with van der Waals surface area (Å²) in [5, 5.41) is 0.676. The van der Waals surface area contributed by atoms with Crippen LogP contribution in [0.15, 0.2) is 78.9 Å². The Kier molecular flexibility index (Phi) is 3.85. The lowest BCUT2D eigenvalue weighted by atomic mass is 9.67. The van der Waals surface area contributed by atoms with Gasteiger partial charge < -0.3 is 9.69 Å². The van der Waals surface area contributed by atoms with Crippen LogP contribution < -0.4 is 4.90 Å². The molecule has 1 aliphatic heterocycles. The molecule has 0 aromatic heterocycles. The standard InChI is InChI=1S/C22H18ClNO/c1-24-20-13-12-18(23)14-19(20)22(21(24)15-25,16-8-4-2-5-9-16)17-10-6-3-7-11-17/h2-15,21H,1H3. The predicted molar refractivity (Wildman–Crippen MR) is 102 cm³/mol. The SMILES string of the molecule is CN1c2ccc(Cl)cc2C(c2ccccc2)(c2ccccc2)C1C=O. The van der Waals surface area contributed by atoms with Gasteiger partial charge in [-0.05, 0) is 34.9 Å². The van der Waals surface area contributed by atoms with E-state index >= 15 is 0 Å². The van der Waals surface area contributed by atoms with Gasteiger partial charge in [-0.15, -0.1) is 0 Å². The number of nitrogens with zero attached hydrogens (tertiary/aromatic N) is 1. The van der Waals surface area contributed by atoms with Gasteiger partial charge in [-0.2, -0.15) is 0 Å². The zero-order chi connectivity index (χ0) is 17.4. The van der Waals surface area contributed by atoms with Crippen molar-refractivity contribution in [3.63, 3.8) is 0 Å². The highest BCUT2D eigenvalue weighted by Crippen LogP contribution is 2.52. The summed E-state index contributed by atoms with van der Waals surface area (Å²) in [7, 11) is 1.97. The van der Waals surface area contributed by atoms with Crippen LogP contribution in [0.1, 0.15) is 16.7 Å². The molecule has 0 amide bonds. The number of rotatable bonds is 3. The quantitative estimate of drug-likeness (QED) is 0.640. The number of likely N-dealkylation sites (N-methyl/N-ethyl adjacent to an activating group) is 1. The molecule has 3 aromatic carbocycles. The van der Waals surface area contributed by atoms with Crippen molar-refractivity contribution in [2.45, 2.75) is 11.5 Å². The molecule has 0 saturated carbocycles. The number of carbonyl (C=O) groups excluding carboxylic acids is 1. The molecule has 0 fully saturated rings. The fourth-order valence-electron chi connectivity index (χ4n) is 4.15. The molecule has 25 heavy (non-hydrogen) atoms. The van der Waals surface area contributed by atoms with Crippen LogP contribution in [0.4, 0.5) is 5.69 Å². The molecule has 1 heterocycles. The predicted octanol–water partition coefficient (Wildman–Crippen LogP) is 4.69. The van der Waals surface area contributed by atoms with E-state index in [0.29, 0.717) is 5.02 Å². The average molecular weight is 348 g/mol. The van der Waals surface area contributed by atoms with Crippen molar-refractivity contribution in [3.05, 3.63) is 101 Å². The lowest BCUT2D eigenvalue weighted by molar-refractivity contribution is -0.109. The van der Waals surface area contributed by atoms with E-state index in [1.54, 1.807) is 0 Å². The molecule has 0 aliphatic carbocycles. The summed E-state index contributed by atoms with van der Waals surface area (Å²) in [6.45, 7) is 0. The summed E-state index contributed by atoms with van der Waals surface area (Å²) in [4.78, 5) is 14.3. The molecule has 124 valence electrons. The van der Waals surface area contributed by atoms with Crippen molar-refractivity contribution in [1.82, 2.24) is 0 Å². The summed E-state index contributed by atoms with van der Waals surface area (Å²) >= 11 is 6.36. The first-order valence-electron chi connectivity index (χ1n) is 8.29. The van der Waals surface area contributed by atoms with E-state index in [2.05, 4.69) is 29.2 Å². The molecule has 0 radical (unpaired) electrons. The van der Waals surface area contributed by atoms with Gasteiger partial charge in [0.15, 0.2) is 0 Å². The Bertz CT molecular complexity index is 868. The number of benzene rings is 3. The first kappa shape index (κ1) is 15.9. The second-order valence-corrected chi connectivity index (χ2v) is 6.83. The number of carbonyl (C=O) groups is 1. The normalized spacial score (nSPS) is 18.0. The van der Waals surface area contributed by atoms with Crippen molar-refractivity contribution in [3.8, 4) is 0 Å². The average Bonchev–Trinajstić information content (AvgIpc) is 2.91. The van der Waals surface area contributed by atoms with E-state index in [1.165, 1.54) is 0 Å². The highest BCUT2D eigenvalue weighted by Gasteiger charge is 2.52. The maximum Gasteiger partial charge on any atom is 0.144 e. The van der Waals surface area contributed by atoms with Crippen LogP contribution in [0.3, 0.4) is 0 Å². The van der Waals surface area contributed by atoms with Gasteiger partial charge in [0.1, 0.15) is 12.3 Å². The van der Waals surface area contributed by atoms with Crippen molar-refractivity contribution in [2.24, 2.45) is 0 Å². The van der Waals surface area contributed by atoms with E-state index in [9.17, 15) is 4.79 Å². The van der Waals surface area contributed by atoms with Crippen LogP contribution in [-0.4, -0.2) is 19.4 Å². The van der Waals surface area contributed by atoms with Gasteiger partial charge in [0, 0.05) is 17.8 Å². The van der Waals surface area contributed by atoms with Gasteiger partial charge in [0.25, 0.3) is 0 Å². The van der Waals surface area contributed by atoms with Crippen LogP contribution in [0, 0.1) is 0 Å². The number of hydrogen-bond donors (Lipinski definition) is 0. The fourth-order valence-corrected chi connectivity index (χ4v) is 4.32. The Labute approximate surface area is 152 Å². The maximum absolute atomic E-state index is 12.3. The van der Waals surface area contributed by atoms with E-state index in [0.717, 1.165) is 28.7 Å². The van der Waals surface area contributed by atoms with Crippen LogP contribution >= 0.6 is 11.6 Å². The monoisotopic (exact) mass is 347 g/mol. The van der Waals surface area contributed by atoms with Crippen LogP contribution in [-0.2, 0) is 10.2 Å². The zero-order valence-corrected chi connectivity index (χ0v) is 14.6. The topological polar surface area (TPSA) is 20.3 Å². The highest BCUT2D eigenvalue weighted by molar-refractivity contribution is 6.30. The van der Waals surface area contributed by atoms with E-state index in [1.807, 2.05) is 61.6 Å². The largest absolute Gasteiger partial charge is 0.363 e. The van der Waals surface area contributed by atoms with E-state index < -0.39 is 5.41 Å². The smallest absolute Gasteiger partial charge is 0.144 e. The fraction of sp³-hybridized carbons (Fsp3) is 0.136. The number of fused-ring (bicyclic) bond motifs is 1. The number of hydrogen-bond acceptors (Lipinski definition) is 2. The molecule has 1 atom stereocenters. The molecule has 0 N–H and O–H groups in total. The van der Waals surface area contributed by atoms with Gasteiger partial charge in [0.05, 0.1) is 5.41 Å². The third kappa shape index (κ3) is 2.21. The molecule has 1 unspecified atom stereocenters. The minimum Gasteiger partial charge on any atom is -0.363 e. The number of halogens is 1. The van der Waals surface area contributed by atoms with Crippen LogP contribution in [0.2, 0.25) is 5.02 Å². The Morgan fingerprint density at radius 2 is 1.48 bits per heavy atom. The van der Waals surface area contributed by atoms with Crippen LogP contribution in [0.5, 0.6) is 0 Å². The third-order valence-electron chi connectivity index (χ3n) is 5.21. The lowest BCUT2D eigenvalue weighted by Crippen LogP contribution is -2.46. The summed E-state index contributed by atoms with van der Waals surface area (Å²) in [5.74, 6) is 0. The van der Waals surface area contributed by atoms with E-state index in [-0.39, 0.29) is 6.04 Å². The summed E-state index contributed by atoms with van der Waals surface area (Å²) in [5.41, 5.74) is 3.70.